The lowest BCUT2D eigenvalue weighted by molar-refractivity contribution is -0.138. The summed E-state index contributed by atoms with van der Waals surface area (Å²) >= 11 is 0. The second-order valence-corrected chi connectivity index (χ2v) is 4.59. The lowest BCUT2D eigenvalue weighted by Gasteiger charge is -2.14. The van der Waals surface area contributed by atoms with E-state index in [0.29, 0.717) is 6.54 Å². The molecule has 2 amide bonds. The van der Waals surface area contributed by atoms with E-state index in [9.17, 15) is 9.59 Å². The molecule has 0 aromatic carbocycles. The van der Waals surface area contributed by atoms with Crippen molar-refractivity contribution in [1.29, 1.82) is 0 Å². The first-order valence-electron chi connectivity index (χ1n) is 6.14. The Labute approximate surface area is 106 Å². The Kier molecular flexibility index (Phi) is 3.36. The summed E-state index contributed by atoms with van der Waals surface area (Å²) in [6, 6.07) is -0.452. The summed E-state index contributed by atoms with van der Waals surface area (Å²) in [5.74, 6) is -0.231. The lowest BCUT2D eigenvalue weighted by Crippen LogP contribution is -2.35. The number of imide groups is 1. The van der Waals surface area contributed by atoms with Crippen molar-refractivity contribution in [3.05, 3.63) is 11.9 Å². The van der Waals surface area contributed by atoms with Gasteiger partial charge in [-0.3, -0.25) is 19.2 Å². The topological polar surface area (TPSA) is 67.2 Å². The molecule has 6 nitrogen and oxygen atoms in total. The molecule has 0 bridgehead atoms. The number of aryl methyl sites for hydroxylation is 2. The number of amides is 2. The highest BCUT2D eigenvalue weighted by Crippen LogP contribution is 2.20. The summed E-state index contributed by atoms with van der Waals surface area (Å²) < 4.78 is 1.68. The zero-order chi connectivity index (χ0) is 13.3. The molecule has 1 aliphatic rings. The molecule has 0 radical (unpaired) electrons. The van der Waals surface area contributed by atoms with Crippen molar-refractivity contribution >= 4 is 17.5 Å². The minimum absolute atomic E-state index is 0.0964. The number of carbonyl (C=O) groups excluding carboxylic acids is 2. The van der Waals surface area contributed by atoms with Gasteiger partial charge in [-0.25, -0.2) is 0 Å². The number of nitrogens with zero attached hydrogens (tertiary/aromatic N) is 3. The average molecular weight is 250 g/mol. The largest absolute Gasteiger partial charge is 0.370 e. The van der Waals surface area contributed by atoms with Crippen molar-refractivity contribution in [1.82, 2.24) is 14.7 Å². The Morgan fingerprint density at radius 3 is 2.78 bits per heavy atom. The van der Waals surface area contributed by atoms with Crippen molar-refractivity contribution in [2.75, 3.05) is 11.9 Å². The van der Waals surface area contributed by atoms with Gasteiger partial charge in [0, 0.05) is 19.8 Å². The minimum atomic E-state index is -0.452. The lowest BCUT2D eigenvalue weighted by atomic mass is 10.2. The van der Waals surface area contributed by atoms with Crippen molar-refractivity contribution in [2.24, 2.45) is 7.05 Å². The molecule has 1 aromatic rings. The van der Waals surface area contributed by atoms with Gasteiger partial charge in [0.2, 0.25) is 5.91 Å². The van der Waals surface area contributed by atoms with Gasteiger partial charge < -0.3 is 5.32 Å². The number of hydrogen-bond donors (Lipinski definition) is 1. The highest BCUT2D eigenvalue weighted by atomic mass is 16.2. The van der Waals surface area contributed by atoms with Crippen LogP contribution in [0.25, 0.3) is 0 Å². The molecule has 1 atom stereocenters. The van der Waals surface area contributed by atoms with E-state index in [2.05, 4.69) is 10.4 Å². The van der Waals surface area contributed by atoms with Crippen LogP contribution in [0.2, 0.25) is 0 Å². The van der Waals surface area contributed by atoms with Gasteiger partial charge in [0.25, 0.3) is 5.91 Å². The fourth-order valence-electron chi connectivity index (χ4n) is 2.18. The zero-order valence-electron chi connectivity index (χ0n) is 10.9. The summed E-state index contributed by atoms with van der Waals surface area (Å²) in [6.07, 6.45) is 2.83. The van der Waals surface area contributed by atoms with Crippen molar-refractivity contribution in [2.45, 2.75) is 32.7 Å². The molecule has 2 rings (SSSR count). The molecule has 1 unspecified atom stereocenters. The molecule has 1 fully saturated rings. The van der Waals surface area contributed by atoms with Crippen molar-refractivity contribution < 1.29 is 9.59 Å². The second-order valence-electron chi connectivity index (χ2n) is 4.59. The monoisotopic (exact) mass is 250 g/mol. The van der Waals surface area contributed by atoms with Gasteiger partial charge in [-0.2, -0.15) is 5.10 Å². The van der Waals surface area contributed by atoms with Crippen LogP contribution in [0.15, 0.2) is 6.20 Å². The van der Waals surface area contributed by atoms with E-state index in [1.165, 1.54) is 4.90 Å². The number of hydrogen-bond acceptors (Lipinski definition) is 4. The summed E-state index contributed by atoms with van der Waals surface area (Å²) in [5, 5.41) is 7.30. The van der Waals surface area contributed by atoms with E-state index in [1.807, 2.05) is 27.1 Å². The molecule has 0 saturated carbocycles. The first kappa shape index (κ1) is 12.6. The number of likely N-dealkylation sites (tertiary alicyclic amines) is 1. The van der Waals surface area contributed by atoms with E-state index in [0.717, 1.165) is 17.8 Å². The molecule has 18 heavy (non-hydrogen) atoms. The third kappa shape index (κ3) is 2.23. The fraction of sp³-hybridized carbons (Fsp3) is 0.583. The molecule has 0 spiro atoms. The number of aromatic nitrogens is 2. The predicted octanol–water partition coefficient (Wildman–Crippen LogP) is 0.678. The summed E-state index contributed by atoms with van der Waals surface area (Å²) in [4.78, 5) is 25.1. The smallest absolute Gasteiger partial charge is 0.252 e. The van der Waals surface area contributed by atoms with Gasteiger partial charge in [-0.1, -0.05) is 6.92 Å². The van der Waals surface area contributed by atoms with Crippen LogP contribution in [0.4, 0.5) is 5.69 Å². The zero-order valence-corrected chi connectivity index (χ0v) is 10.9. The third-order valence-electron chi connectivity index (χ3n) is 3.03. The predicted molar refractivity (Wildman–Crippen MR) is 67.0 cm³/mol. The van der Waals surface area contributed by atoms with Gasteiger partial charge in [0.05, 0.1) is 17.8 Å². The number of anilines is 1. The first-order chi connectivity index (χ1) is 8.52. The van der Waals surface area contributed by atoms with Crippen LogP contribution in [0.1, 0.15) is 25.5 Å². The van der Waals surface area contributed by atoms with Gasteiger partial charge in [0.1, 0.15) is 6.04 Å². The average Bonchev–Trinajstić information content (AvgIpc) is 2.74. The first-order valence-corrected chi connectivity index (χ1v) is 6.14. The molecule has 1 N–H and O–H groups in total. The molecule has 6 heteroatoms. The van der Waals surface area contributed by atoms with Crippen LogP contribution in [0.5, 0.6) is 0 Å². The quantitative estimate of drug-likeness (QED) is 0.798. The maximum absolute atomic E-state index is 12.0. The number of nitrogens with one attached hydrogen (secondary N) is 1. The van der Waals surface area contributed by atoms with E-state index in [-0.39, 0.29) is 18.2 Å². The van der Waals surface area contributed by atoms with Gasteiger partial charge >= 0.3 is 0 Å². The van der Waals surface area contributed by atoms with Crippen LogP contribution in [-0.4, -0.2) is 39.1 Å². The number of rotatable bonds is 4. The Bertz CT molecular complexity index is 480. The fourth-order valence-corrected chi connectivity index (χ4v) is 2.18. The van der Waals surface area contributed by atoms with E-state index in [4.69, 9.17) is 0 Å². The maximum atomic E-state index is 12.0. The molecule has 1 aliphatic heterocycles. The SMILES string of the molecule is CCCN1C(=O)CC(Nc2cn(C)nc2C)C1=O. The molecule has 0 aliphatic carbocycles. The Morgan fingerprint density at radius 2 is 2.22 bits per heavy atom. The molecular weight excluding hydrogens is 232 g/mol. The van der Waals surface area contributed by atoms with Gasteiger partial charge in [0.15, 0.2) is 0 Å². The summed E-state index contributed by atoms with van der Waals surface area (Å²) in [7, 11) is 1.82. The van der Waals surface area contributed by atoms with Crippen LogP contribution in [-0.2, 0) is 16.6 Å². The Hall–Kier alpha value is -1.85. The maximum Gasteiger partial charge on any atom is 0.252 e. The van der Waals surface area contributed by atoms with Crippen molar-refractivity contribution in [3.8, 4) is 0 Å². The summed E-state index contributed by atoms with van der Waals surface area (Å²) in [6.45, 7) is 4.32. The minimum Gasteiger partial charge on any atom is -0.370 e. The second kappa shape index (κ2) is 4.80. The van der Waals surface area contributed by atoms with Gasteiger partial charge in [-0.15, -0.1) is 0 Å². The summed E-state index contributed by atoms with van der Waals surface area (Å²) in [5.41, 5.74) is 1.63. The molecular formula is C12H18N4O2. The Balaban J connectivity index is 2.09. The molecule has 1 saturated heterocycles. The van der Waals surface area contributed by atoms with Crippen LogP contribution in [0.3, 0.4) is 0 Å². The van der Waals surface area contributed by atoms with E-state index in [1.54, 1.807) is 4.68 Å². The third-order valence-corrected chi connectivity index (χ3v) is 3.03. The molecule has 1 aromatic heterocycles. The molecule has 98 valence electrons. The highest BCUT2D eigenvalue weighted by Gasteiger charge is 2.38. The van der Waals surface area contributed by atoms with Crippen LogP contribution in [0, 0.1) is 6.92 Å². The van der Waals surface area contributed by atoms with E-state index >= 15 is 0 Å². The van der Waals surface area contributed by atoms with E-state index < -0.39 is 6.04 Å². The van der Waals surface area contributed by atoms with Crippen LogP contribution >= 0.6 is 0 Å². The molecule has 2 heterocycles. The Morgan fingerprint density at radius 1 is 1.50 bits per heavy atom. The standard InChI is InChI=1S/C12H18N4O2/c1-4-5-16-11(17)6-9(12(16)18)13-10-7-15(3)14-8(10)2/h7,9,13H,4-6H2,1-3H3. The number of carbonyl (C=O) groups is 2. The van der Waals surface area contributed by atoms with Gasteiger partial charge in [-0.05, 0) is 13.3 Å². The normalized spacial score (nSPS) is 19.7. The van der Waals surface area contributed by atoms with Crippen molar-refractivity contribution in [3.63, 3.8) is 0 Å². The highest BCUT2D eigenvalue weighted by molar-refractivity contribution is 6.06. The van der Waals surface area contributed by atoms with Crippen LogP contribution < -0.4 is 5.32 Å².